The number of nitrogens with zero attached hydrogens (tertiary/aromatic N) is 1. The van der Waals surface area contributed by atoms with E-state index in [0.29, 0.717) is 5.56 Å². The highest BCUT2D eigenvalue weighted by Crippen LogP contribution is 2.14. The zero-order valence-corrected chi connectivity index (χ0v) is 15.4. The number of amides is 2. The Labute approximate surface area is 157 Å². The molecule has 0 saturated heterocycles. The first-order chi connectivity index (χ1) is 12.9. The monoisotopic (exact) mass is 375 g/mol. The molecule has 27 heavy (non-hydrogen) atoms. The molecule has 2 amide bonds. The van der Waals surface area contributed by atoms with Crippen LogP contribution < -0.4 is 15.5 Å². The van der Waals surface area contributed by atoms with Crippen LogP contribution in [-0.4, -0.2) is 38.5 Å². The van der Waals surface area contributed by atoms with E-state index in [1.165, 1.54) is 6.07 Å². The molecular weight excluding hydrogens is 352 g/mol. The summed E-state index contributed by atoms with van der Waals surface area (Å²) >= 11 is 0. The fraction of sp³-hybridized carbons (Fsp3) is 0.300. The van der Waals surface area contributed by atoms with Gasteiger partial charge in [-0.15, -0.1) is 0 Å². The molecule has 2 aromatic carbocycles. The predicted molar refractivity (Wildman–Crippen MR) is 101 cm³/mol. The lowest BCUT2D eigenvalue weighted by Gasteiger charge is -2.18. The zero-order valence-electron chi connectivity index (χ0n) is 15.4. The number of rotatable bonds is 8. The normalized spacial score (nSPS) is 10.4. The summed E-state index contributed by atoms with van der Waals surface area (Å²) in [7, 11) is 1.99. The van der Waals surface area contributed by atoms with Crippen molar-refractivity contribution in [3.8, 4) is 0 Å². The Balaban J connectivity index is 1.81. The number of benzene rings is 2. The molecule has 0 unspecified atom stereocenters. The average Bonchev–Trinajstić information content (AvgIpc) is 2.65. The van der Waals surface area contributed by atoms with Gasteiger partial charge in [0.05, 0.1) is 0 Å². The Morgan fingerprint density at radius 1 is 0.926 bits per heavy atom. The Morgan fingerprint density at radius 3 is 2.04 bits per heavy atom. The highest BCUT2D eigenvalue weighted by atomic mass is 19.1. The standard InChI is InChI=1S/C20H23F2N3O2/c1-3-13-25(2)15-9-7-14(8-10-15)19(26)23-11-12-24-20(27)18-16(21)5-4-6-17(18)22/h4-10H,3,11-13H2,1-2H3,(H,23,26)(H,24,27). The van der Waals surface area contributed by atoms with Gasteiger partial charge in [0.1, 0.15) is 17.2 Å². The first-order valence-corrected chi connectivity index (χ1v) is 8.75. The second-order valence-corrected chi connectivity index (χ2v) is 6.08. The summed E-state index contributed by atoms with van der Waals surface area (Å²) in [5, 5.41) is 5.04. The smallest absolute Gasteiger partial charge is 0.257 e. The molecule has 0 radical (unpaired) electrons. The Morgan fingerprint density at radius 2 is 1.48 bits per heavy atom. The SMILES string of the molecule is CCCN(C)c1ccc(C(=O)NCCNC(=O)c2c(F)cccc2F)cc1. The lowest BCUT2D eigenvalue weighted by molar-refractivity contribution is 0.0922. The maximum absolute atomic E-state index is 13.5. The quantitative estimate of drug-likeness (QED) is 0.698. The van der Waals surface area contributed by atoms with E-state index in [-0.39, 0.29) is 19.0 Å². The van der Waals surface area contributed by atoms with Gasteiger partial charge in [-0.1, -0.05) is 13.0 Å². The van der Waals surface area contributed by atoms with E-state index in [9.17, 15) is 18.4 Å². The number of carbonyl (C=O) groups is 2. The molecule has 0 spiro atoms. The van der Waals surface area contributed by atoms with Crippen molar-refractivity contribution in [3.63, 3.8) is 0 Å². The second-order valence-electron chi connectivity index (χ2n) is 6.08. The van der Waals surface area contributed by atoms with E-state index < -0.39 is 23.1 Å². The maximum Gasteiger partial charge on any atom is 0.257 e. The minimum atomic E-state index is -0.926. The van der Waals surface area contributed by atoms with Crippen LogP contribution in [0.5, 0.6) is 0 Å². The van der Waals surface area contributed by atoms with Crippen LogP contribution in [0, 0.1) is 11.6 Å². The lowest BCUT2D eigenvalue weighted by atomic mass is 10.2. The molecular formula is C20H23F2N3O2. The number of hydrogen-bond acceptors (Lipinski definition) is 3. The van der Waals surface area contributed by atoms with Crippen molar-refractivity contribution in [2.75, 3.05) is 31.6 Å². The topological polar surface area (TPSA) is 61.4 Å². The number of anilines is 1. The van der Waals surface area contributed by atoms with Gasteiger partial charge in [0.25, 0.3) is 11.8 Å². The fourth-order valence-corrected chi connectivity index (χ4v) is 2.59. The van der Waals surface area contributed by atoms with E-state index in [0.717, 1.165) is 30.8 Å². The van der Waals surface area contributed by atoms with Crippen molar-refractivity contribution in [2.45, 2.75) is 13.3 Å². The van der Waals surface area contributed by atoms with E-state index in [2.05, 4.69) is 22.5 Å². The van der Waals surface area contributed by atoms with Gasteiger partial charge in [0.2, 0.25) is 0 Å². The molecule has 0 aliphatic heterocycles. The summed E-state index contributed by atoms with van der Waals surface area (Å²) in [5.41, 5.74) is 0.887. The van der Waals surface area contributed by atoms with Crippen molar-refractivity contribution in [3.05, 3.63) is 65.2 Å². The minimum absolute atomic E-state index is 0.0513. The van der Waals surface area contributed by atoms with Crippen LogP contribution in [0.15, 0.2) is 42.5 Å². The van der Waals surface area contributed by atoms with Gasteiger partial charge in [0, 0.05) is 37.9 Å². The van der Waals surface area contributed by atoms with Gasteiger partial charge >= 0.3 is 0 Å². The van der Waals surface area contributed by atoms with E-state index in [1.807, 2.05) is 19.2 Å². The number of carbonyl (C=O) groups excluding carboxylic acids is 2. The highest BCUT2D eigenvalue weighted by Gasteiger charge is 2.16. The zero-order chi connectivity index (χ0) is 19.8. The molecule has 2 N–H and O–H groups in total. The van der Waals surface area contributed by atoms with Crippen molar-refractivity contribution in [2.24, 2.45) is 0 Å². The maximum atomic E-state index is 13.5. The summed E-state index contributed by atoms with van der Waals surface area (Å²) < 4.78 is 27.0. The molecule has 0 atom stereocenters. The van der Waals surface area contributed by atoms with E-state index >= 15 is 0 Å². The average molecular weight is 375 g/mol. The van der Waals surface area contributed by atoms with Crippen LogP contribution in [0.2, 0.25) is 0 Å². The summed E-state index contributed by atoms with van der Waals surface area (Å²) in [6.07, 6.45) is 1.03. The van der Waals surface area contributed by atoms with Crippen molar-refractivity contribution < 1.29 is 18.4 Å². The fourth-order valence-electron chi connectivity index (χ4n) is 2.59. The van der Waals surface area contributed by atoms with Crippen molar-refractivity contribution >= 4 is 17.5 Å². The first-order valence-electron chi connectivity index (χ1n) is 8.75. The highest BCUT2D eigenvalue weighted by molar-refractivity contribution is 5.95. The van der Waals surface area contributed by atoms with Crippen LogP contribution in [0.25, 0.3) is 0 Å². The Bertz CT molecular complexity index is 774. The summed E-state index contributed by atoms with van der Waals surface area (Å²) in [6, 6.07) is 10.4. The third-order valence-electron chi connectivity index (χ3n) is 4.02. The van der Waals surface area contributed by atoms with Crippen molar-refractivity contribution in [1.29, 1.82) is 0 Å². The molecule has 0 aliphatic rings. The van der Waals surface area contributed by atoms with Gasteiger partial charge in [-0.25, -0.2) is 8.78 Å². The van der Waals surface area contributed by atoms with Crippen LogP contribution in [0.4, 0.5) is 14.5 Å². The van der Waals surface area contributed by atoms with Crippen LogP contribution in [-0.2, 0) is 0 Å². The van der Waals surface area contributed by atoms with Gasteiger partial charge in [-0.2, -0.15) is 0 Å². The van der Waals surface area contributed by atoms with Gasteiger partial charge in [-0.3, -0.25) is 9.59 Å². The number of halogens is 2. The van der Waals surface area contributed by atoms with E-state index in [1.54, 1.807) is 12.1 Å². The molecule has 0 fully saturated rings. The summed E-state index contributed by atoms with van der Waals surface area (Å²) in [4.78, 5) is 26.1. The van der Waals surface area contributed by atoms with Gasteiger partial charge < -0.3 is 15.5 Å². The molecule has 7 heteroatoms. The van der Waals surface area contributed by atoms with Crippen LogP contribution in [0.3, 0.4) is 0 Å². The molecule has 2 aromatic rings. The predicted octanol–water partition coefficient (Wildman–Crippen LogP) is 2.97. The van der Waals surface area contributed by atoms with Gasteiger partial charge in [0.15, 0.2) is 0 Å². The van der Waals surface area contributed by atoms with Crippen LogP contribution >= 0.6 is 0 Å². The largest absolute Gasteiger partial charge is 0.375 e. The molecule has 0 aliphatic carbocycles. The summed E-state index contributed by atoms with van der Waals surface area (Å²) in [6.45, 7) is 3.21. The third kappa shape index (κ3) is 5.51. The summed E-state index contributed by atoms with van der Waals surface area (Å²) in [5.74, 6) is -3.00. The molecule has 2 rings (SSSR count). The lowest BCUT2D eigenvalue weighted by Crippen LogP contribution is -2.35. The molecule has 0 saturated carbocycles. The van der Waals surface area contributed by atoms with Crippen LogP contribution in [0.1, 0.15) is 34.1 Å². The minimum Gasteiger partial charge on any atom is -0.375 e. The van der Waals surface area contributed by atoms with E-state index in [4.69, 9.17) is 0 Å². The second kappa shape index (κ2) is 9.66. The van der Waals surface area contributed by atoms with Crippen molar-refractivity contribution in [1.82, 2.24) is 10.6 Å². The molecule has 0 aromatic heterocycles. The third-order valence-corrected chi connectivity index (χ3v) is 4.02. The molecule has 0 bridgehead atoms. The molecule has 144 valence electrons. The number of nitrogens with one attached hydrogen (secondary N) is 2. The molecule has 0 heterocycles. The first kappa shape index (κ1) is 20.4. The van der Waals surface area contributed by atoms with Gasteiger partial charge in [-0.05, 0) is 42.8 Å². The Kier molecular flexibility index (Phi) is 7.28. The molecule has 5 nitrogen and oxygen atoms in total. The Hall–Kier alpha value is -2.96. The number of hydrogen-bond donors (Lipinski definition) is 2.